The van der Waals surface area contributed by atoms with Crippen LogP contribution in [0.3, 0.4) is 0 Å². The lowest BCUT2D eigenvalue weighted by atomic mass is 9.96. The first-order chi connectivity index (χ1) is 39.2. The molecule has 1 saturated heterocycles. The number of hydrogen-bond acceptors (Lipinski definition) is 8. The van der Waals surface area contributed by atoms with Crippen molar-refractivity contribution in [2.75, 3.05) is 73.6 Å². The van der Waals surface area contributed by atoms with Gasteiger partial charge in [0.2, 0.25) is 0 Å². The molecule has 16 nitrogen and oxygen atoms in total. The van der Waals surface area contributed by atoms with E-state index in [1.165, 1.54) is 99.3 Å². The fourth-order valence-electron chi connectivity index (χ4n) is 12.4. The Hall–Kier alpha value is -6.20. The van der Waals surface area contributed by atoms with Crippen molar-refractivity contribution in [3.05, 3.63) is 119 Å². The normalized spacial score (nSPS) is 19.6. The molecular weight excluding hydrogens is 1000 g/mol. The average Bonchev–Trinajstić information content (AvgIpc) is 3.46. The third kappa shape index (κ3) is 20.1. The summed E-state index contributed by atoms with van der Waals surface area (Å²) < 4.78 is 0. The summed E-state index contributed by atoms with van der Waals surface area (Å²) in [5, 5.41) is 25.0. The van der Waals surface area contributed by atoms with Gasteiger partial charge < -0.3 is 42.5 Å². The first-order valence-corrected chi connectivity index (χ1v) is 30.7. The quantitative estimate of drug-likeness (QED) is 0.0547. The molecule has 4 saturated carbocycles. The van der Waals surface area contributed by atoms with Gasteiger partial charge in [0.05, 0.1) is 0 Å². The number of nitrogens with zero attached hydrogens (tertiary/aromatic N) is 4. The fourth-order valence-corrected chi connectivity index (χ4v) is 12.4. The molecule has 0 atom stereocenters. The molecule has 5 fully saturated rings. The topological polar surface area (TPSA) is 177 Å². The predicted molar refractivity (Wildman–Crippen MR) is 323 cm³/mol. The van der Waals surface area contributed by atoms with Gasteiger partial charge in [-0.25, -0.2) is 19.2 Å². The number of hydrogen-bond donors (Lipinski definition) is 8. The van der Waals surface area contributed by atoms with Crippen molar-refractivity contribution >= 4 is 46.9 Å². The lowest BCUT2D eigenvalue weighted by Crippen LogP contribution is -2.45. The molecule has 0 radical (unpaired) electrons. The highest BCUT2D eigenvalue weighted by molar-refractivity contribution is 5.91. The van der Waals surface area contributed by atoms with E-state index in [0.29, 0.717) is 0 Å². The summed E-state index contributed by atoms with van der Waals surface area (Å²) in [7, 11) is 0. The molecule has 8 amide bonds. The Labute approximate surface area is 476 Å². The SMILES string of the molecule is O=C(Nc1ccc(CN2CCN(Cc3ccc(NC(=O)NC4CCCCC4)cc3)CCN(Cc3ccc(NC(=O)NC4CCCCC4)cc3)CCN(Cc3ccc(NC(=O)NC4CCCCC4)cc3)CC2)cc1)NC1CCCCC1. The van der Waals surface area contributed by atoms with Crippen molar-refractivity contribution in [1.82, 2.24) is 40.9 Å². The maximum Gasteiger partial charge on any atom is 0.319 e. The first-order valence-electron chi connectivity index (χ1n) is 30.7. The summed E-state index contributed by atoms with van der Waals surface area (Å²) in [5.74, 6) is 0. The van der Waals surface area contributed by atoms with Crippen LogP contribution < -0.4 is 42.5 Å². The Balaban J connectivity index is 0.892. The van der Waals surface area contributed by atoms with Gasteiger partial charge in [0.15, 0.2) is 0 Å². The summed E-state index contributed by atoms with van der Waals surface area (Å²) >= 11 is 0. The Morgan fingerprint density at radius 2 is 0.450 bits per heavy atom. The second-order valence-corrected chi connectivity index (χ2v) is 23.6. The van der Waals surface area contributed by atoms with Gasteiger partial charge in [-0.05, 0) is 122 Å². The Bertz CT molecular complexity index is 2140. The van der Waals surface area contributed by atoms with Crippen LogP contribution in [0.25, 0.3) is 0 Å². The van der Waals surface area contributed by atoms with Crippen molar-refractivity contribution in [3.63, 3.8) is 0 Å². The molecule has 8 N–H and O–H groups in total. The van der Waals surface area contributed by atoms with Crippen LogP contribution in [-0.4, -0.2) is 120 Å². The summed E-state index contributed by atoms with van der Waals surface area (Å²) in [5.41, 5.74) is 7.93. The summed E-state index contributed by atoms with van der Waals surface area (Å²) in [4.78, 5) is 62.1. The smallest absolute Gasteiger partial charge is 0.319 e. The standard InChI is InChI=1S/C64H92N12O4/c77-61(65-53-13-5-1-6-14-53)69-57-29-21-49(22-30-57)45-73-37-39-74(46-50-23-31-58(32-24-50)70-62(78)66-54-15-7-2-8-16-54)41-43-76(48-52-27-35-60(36-28-52)72-64(80)68-56-19-11-4-12-20-56)44-42-75(40-38-73)47-51-25-33-59(34-26-51)71-63(79)67-55-17-9-3-10-18-55/h21-36,53-56H,1-20,37-48H2,(H2,65,69,77)(H2,66,70,78)(H2,67,71,79)(H2,68,72,80). The van der Waals surface area contributed by atoms with E-state index in [9.17, 15) is 19.2 Å². The largest absolute Gasteiger partial charge is 0.335 e. The predicted octanol–water partition coefficient (Wildman–Crippen LogP) is 11.8. The molecule has 4 aromatic rings. The highest BCUT2D eigenvalue weighted by Gasteiger charge is 2.22. The Morgan fingerprint density at radius 1 is 0.275 bits per heavy atom. The van der Waals surface area contributed by atoms with Crippen LogP contribution in [-0.2, 0) is 26.2 Å². The molecule has 432 valence electrons. The summed E-state index contributed by atoms with van der Waals surface area (Å²) in [6.45, 7) is 9.88. The highest BCUT2D eigenvalue weighted by atomic mass is 16.2. The molecule has 4 aromatic carbocycles. The van der Waals surface area contributed by atoms with Crippen LogP contribution in [0, 0.1) is 0 Å². The van der Waals surface area contributed by atoms with E-state index in [0.717, 1.165) is 153 Å². The zero-order valence-corrected chi connectivity index (χ0v) is 47.6. The molecule has 4 aliphatic carbocycles. The van der Waals surface area contributed by atoms with Crippen molar-refractivity contribution in [2.24, 2.45) is 0 Å². The maximum atomic E-state index is 13.0. The Kier molecular flexibility index (Phi) is 22.7. The van der Waals surface area contributed by atoms with E-state index >= 15 is 0 Å². The fraction of sp³-hybridized carbons (Fsp3) is 0.562. The van der Waals surface area contributed by atoms with Crippen molar-refractivity contribution < 1.29 is 19.2 Å². The third-order valence-electron chi connectivity index (χ3n) is 17.2. The number of carbonyl (C=O) groups excluding carboxylic acids is 4. The number of amides is 8. The average molecular weight is 1090 g/mol. The van der Waals surface area contributed by atoms with E-state index in [-0.39, 0.29) is 48.3 Å². The Morgan fingerprint density at radius 3 is 0.625 bits per heavy atom. The molecule has 5 aliphatic rings. The van der Waals surface area contributed by atoms with Crippen LogP contribution in [0.2, 0.25) is 0 Å². The molecule has 0 spiro atoms. The second-order valence-electron chi connectivity index (χ2n) is 23.6. The van der Waals surface area contributed by atoms with Gasteiger partial charge in [0.1, 0.15) is 0 Å². The van der Waals surface area contributed by atoms with Crippen LogP contribution in [0.5, 0.6) is 0 Å². The van der Waals surface area contributed by atoms with Gasteiger partial charge in [-0.1, -0.05) is 126 Å². The van der Waals surface area contributed by atoms with Crippen LogP contribution in [0.1, 0.15) is 151 Å². The van der Waals surface area contributed by atoms with Gasteiger partial charge in [-0.3, -0.25) is 19.6 Å². The molecule has 1 heterocycles. The summed E-state index contributed by atoms with van der Waals surface area (Å²) in [6, 6.07) is 33.8. The number of urea groups is 4. The van der Waals surface area contributed by atoms with Gasteiger partial charge >= 0.3 is 24.1 Å². The number of benzene rings is 4. The van der Waals surface area contributed by atoms with Gasteiger partial charge in [-0.15, -0.1) is 0 Å². The minimum atomic E-state index is -0.135. The van der Waals surface area contributed by atoms with E-state index in [4.69, 9.17) is 0 Å². The zero-order valence-electron chi connectivity index (χ0n) is 47.6. The van der Waals surface area contributed by atoms with Gasteiger partial charge in [0, 0.05) is 125 Å². The number of nitrogens with one attached hydrogen (secondary N) is 8. The molecule has 9 rings (SSSR count). The molecule has 80 heavy (non-hydrogen) atoms. The molecule has 0 unspecified atom stereocenters. The lowest BCUT2D eigenvalue weighted by molar-refractivity contribution is 0.122. The first kappa shape index (κ1) is 58.5. The van der Waals surface area contributed by atoms with Gasteiger partial charge in [-0.2, -0.15) is 0 Å². The molecule has 1 aliphatic heterocycles. The number of rotatable bonds is 16. The monoisotopic (exact) mass is 1090 g/mol. The second kappa shape index (κ2) is 31.1. The number of carbonyl (C=O) groups is 4. The van der Waals surface area contributed by atoms with Crippen LogP contribution >= 0.6 is 0 Å². The third-order valence-corrected chi connectivity index (χ3v) is 17.2. The lowest BCUT2D eigenvalue weighted by Gasteiger charge is -2.34. The molecule has 0 bridgehead atoms. The van der Waals surface area contributed by atoms with Crippen LogP contribution in [0.4, 0.5) is 41.9 Å². The molecule has 16 heteroatoms. The minimum absolute atomic E-state index is 0.135. The zero-order chi connectivity index (χ0) is 55.1. The minimum Gasteiger partial charge on any atom is -0.335 e. The van der Waals surface area contributed by atoms with E-state index in [1.54, 1.807) is 0 Å². The number of anilines is 4. The highest BCUT2D eigenvalue weighted by Crippen LogP contribution is 2.23. The van der Waals surface area contributed by atoms with Crippen LogP contribution in [0.15, 0.2) is 97.1 Å². The van der Waals surface area contributed by atoms with E-state index in [1.807, 2.05) is 48.5 Å². The van der Waals surface area contributed by atoms with Crippen molar-refractivity contribution in [3.8, 4) is 0 Å². The molecule has 0 aromatic heterocycles. The van der Waals surface area contributed by atoms with Gasteiger partial charge in [0.25, 0.3) is 0 Å². The molecular formula is C64H92N12O4. The van der Waals surface area contributed by atoms with E-state index in [2.05, 4.69) is 111 Å². The maximum absolute atomic E-state index is 13.0. The van der Waals surface area contributed by atoms with E-state index < -0.39 is 0 Å². The van der Waals surface area contributed by atoms with Crippen molar-refractivity contribution in [1.29, 1.82) is 0 Å². The summed E-state index contributed by atoms with van der Waals surface area (Å²) in [6.07, 6.45) is 22.6. The van der Waals surface area contributed by atoms with Crippen molar-refractivity contribution in [2.45, 2.75) is 179 Å².